The van der Waals surface area contributed by atoms with E-state index in [-0.39, 0.29) is 11.7 Å². The largest absolute Gasteiger partial charge is 0.457 e. The van der Waals surface area contributed by atoms with E-state index < -0.39 is 5.41 Å². The van der Waals surface area contributed by atoms with E-state index in [0.29, 0.717) is 22.6 Å². The summed E-state index contributed by atoms with van der Waals surface area (Å²) in [5, 5.41) is 6.10. The van der Waals surface area contributed by atoms with Crippen molar-refractivity contribution in [3.05, 3.63) is 179 Å². The van der Waals surface area contributed by atoms with Crippen LogP contribution in [0.5, 0.6) is 11.5 Å². The van der Waals surface area contributed by atoms with Crippen LogP contribution in [-0.4, -0.2) is 18.7 Å². The molecule has 0 aromatic heterocycles. The molecule has 0 saturated heterocycles. The fraction of sp³-hybridized carbons (Fsp3) is 0.0732. The molecule has 0 radical (unpaired) electrons. The summed E-state index contributed by atoms with van der Waals surface area (Å²) in [6.07, 6.45) is 0. The lowest BCUT2D eigenvalue weighted by molar-refractivity contribution is 0.101. The smallest absolute Gasteiger partial charge is 0.255 e. The molecule has 0 atom stereocenters. The number of rotatable bonds is 8. The average Bonchev–Trinajstić information content (AvgIpc) is 3.41. The molecule has 0 bridgehead atoms. The summed E-state index contributed by atoms with van der Waals surface area (Å²) in [6, 6.07) is 47.8. The molecule has 0 unspecified atom stereocenters. The van der Waals surface area contributed by atoms with E-state index in [9.17, 15) is 9.59 Å². The summed E-state index contributed by atoms with van der Waals surface area (Å²) in [6.45, 7) is 1.58. The van der Waals surface area contributed by atoms with Crippen LogP contribution in [0.1, 0.15) is 49.9 Å². The lowest BCUT2D eigenvalue weighted by atomic mass is 9.67. The van der Waals surface area contributed by atoms with Gasteiger partial charge in [0.15, 0.2) is 5.78 Å². The number of nitrogens with one attached hydrogen (secondary N) is 2. The molecule has 0 spiro atoms. The first-order chi connectivity index (χ1) is 22.5. The molecule has 224 valence electrons. The molecule has 5 heteroatoms. The van der Waals surface area contributed by atoms with E-state index in [4.69, 9.17) is 4.74 Å². The first kappa shape index (κ1) is 28.8. The molecule has 1 aliphatic carbocycles. The van der Waals surface area contributed by atoms with Crippen LogP contribution in [0.15, 0.2) is 146 Å². The van der Waals surface area contributed by atoms with Gasteiger partial charge in [0, 0.05) is 29.5 Å². The third-order valence-corrected chi connectivity index (χ3v) is 8.75. The van der Waals surface area contributed by atoms with Gasteiger partial charge in [-0.05, 0) is 101 Å². The van der Waals surface area contributed by atoms with Crippen molar-refractivity contribution in [1.29, 1.82) is 0 Å². The second-order valence-corrected chi connectivity index (χ2v) is 11.4. The fourth-order valence-electron chi connectivity index (χ4n) is 6.49. The van der Waals surface area contributed by atoms with Crippen LogP contribution < -0.4 is 15.4 Å². The highest BCUT2D eigenvalue weighted by Crippen LogP contribution is 2.55. The van der Waals surface area contributed by atoms with Crippen LogP contribution in [0.3, 0.4) is 0 Å². The second kappa shape index (κ2) is 11.9. The highest BCUT2D eigenvalue weighted by atomic mass is 16.5. The molecule has 46 heavy (non-hydrogen) atoms. The summed E-state index contributed by atoms with van der Waals surface area (Å²) in [5.74, 6) is 1.24. The standard InChI is InChI=1S/C41H32N2O3/c1-27(44)28-11-15-30(16-12-28)41(38-9-5-3-7-36(38)37-8-4-6-10-39(37)41)31-17-13-29(14-18-31)40(45)43-33-21-25-35(26-22-33)46-34-23-19-32(42-2)20-24-34/h3-26,42H,1-2H3,(H,43,45). The van der Waals surface area contributed by atoms with Crippen molar-refractivity contribution in [2.75, 3.05) is 17.7 Å². The van der Waals surface area contributed by atoms with Gasteiger partial charge < -0.3 is 15.4 Å². The third-order valence-electron chi connectivity index (χ3n) is 8.75. The Labute approximate surface area is 268 Å². The monoisotopic (exact) mass is 600 g/mol. The number of carbonyl (C=O) groups is 2. The molecule has 0 heterocycles. The minimum absolute atomic E-state index is 0.0322. The lowest BCUT2D eigenvalue weighted by Gasteiger charge is -2.34. The molecule has 6 aromatic carbocycles. The van der Waals surface area contributed by atoms with Gasteiger partial charge in [0.2, 0.25) is 0 Å². The minimum atomic E-state index is -0.610. The molecule has 1 aliphatic rings. The Morgan fingerprint density at radius 1 is 0.543 bits per heavy atom. The molecule has 2 N–H and O–H groups in total. The number of Topliss-reactive ketones (excluding diaryl/α,β-unsaturated/α-hetero) is 1. The molecule has 6 aromatic rings. The predicted molar refractivity (Wildman–Crippen MR) is 184 cm³/mol. The summed E-state index contributed by atoms with van der Waals surface area (Å²) in [7, 11) is 1.87. The number of benzene rings is 6. The maximum Gasteiger partial charge on any atom is 0.255 e. The van der Waals surface area contributed by atoms with Crippen LogP contribution in [0.25, 0.3) is 11.1 Å². The van der Waals surface area contributed by atoms with E-state index in [1.807, 2.05) is 92.0 Å². The van der Waals surface area contributed by atoms with E-state index in [1.165, 1.54) is 22.3 Å². The van der Waals surface area contributed by atoms with Crippen LogP contribution in [0, 0.1) is 0 Å². The molecule has 0 fully saturated rings. The SMILES string of the molecule is CNc1ccc(Oc2ccc(NC(=O)c3ccc(C4(c5ccc(C(C)=O)cc5)c5ccccc5-c5ccccc54)cc3)cc2)cc1. The normalized spacial score (nSPS) is 12.5. The van der Waals surface area contributed by atoms with Crippen LogP contribution in [0.2, 0.25) is 0 Å². The summed E-state index contributed by atoms with van der Waals surface area (Å²) in [5.41, 5.74) is 9.10. The highest BCUT2D eigenvalue weighted by molar-refractivity contribution is 6.04. The summed E-state index contributed by atoms with van der Waals surface area (Å²) < 4.78 is 5.94. The number of fused-ring (bicyclic) bond motifs is 3. The predicted octanol–water partition coefficient (Wildman–Crippen LogP) is 9.34. The van der Waals surface area contributed by atoms with Crippen molar-refractivity contribution in [3.63, 3.8) is 0 Å². The maximum atomic E-state index is 13.4. The van der Waals surface area contributed by atoms with Gasteiger partial charge in [0.1, 0.15) is 11.5 Å². The van der Waals surface area contributed by atoms with Gasteiger partial charge in [0.25, 0.3) is 5.91 Å². The molecule has 0 saturated carbocycles. The second-order valence-electron chi connectivity index (χ2n) is 11.4. The van der Waals surface area contributed by atoms with Crippen molar-refractivity contribution in [1.82, 2.24) is 0 Å². The van der Waals surface area contributed by atoms with E-state index in [0.717, 1.165) is 22.6 Å². The Balaban J connectivity index is 1.19. The highest BCUT2D eigenvalue weighted by Gasteiger charge is 2.45. The van der Waals surface area contributed by atoms with Gasteiger partial charge in [-0.1, -0.05) is 84.9 Å². The summed E-state index contributed by atoms with van der Waals surface area (Å²) in [4.78, 5) is 25.5. The Bertz CT molecular complexity index is 2000. The van der Waals surface area contributed by atoms with Crippen LogP contribution in [-0.2, 0) is 5.41 Å². The van der Waals surface area contributed by atoms with Gasteiger partial charge in [-0.25, -0.2) is 0 Å². The zero-order valence-corrected chi connectivity index (χ0v) is 25.6. The first-order valence-electron chi connectivity index (χ1n) is 15.3. The number of amides is 1. The minimum Gasteiger partial charge on any atom is -0.457 e. The number of ketones is 1. The number of anilines is 2. The number of ether oxygens (including phenoxy) is 1. The molecular weight excluding hydrogens is 568 g/mol. The van der Waals surface area contributed by atoms with Crippen molar-refractivity contribution in [2.24, 2.45) is 0 Å². The van der Waals surface area contributed by atoms with Crippen molar-refractivity contribution < 1.29 is 14.3 Å². The topological polar surface area (TPSA) is 67.4 Å². The van der Waals surface area contributed by atoms with Crippen molar-refractivity contribution >= 4 is 23.1 Å². The Kier molecular flexibility index (Phi) is 7.43. The average molecular weight is 601 g/mol. The molecule has 0 aliphatic heterocycles. The fourth-order valence-corrected chi connectivity index (χ4v) is 6.49. The van der Waals surface area contributed by atoms with Gasteiger partial charge in [-0.15, -0.1) is 0 Å². The molecule has 1 amide bonds. The Morgan fingerprint density at radius 3 is 1.48 bits per heavy atom. The molecule has 7 rings (SSSR count). The third kappa shape index (κ3) is 5.02. The van der Waals surface area contributed by atoms with Gasteiger partial charge in [-0.3, -0.25) is 9.59 Å². The van der Waals surface area contributed by atoms with Gasteiger partial charge >= 0.3 is 0 Å². The first-order valence-corrected chi connectivity index (χ1v) is 15.3. The van der Waals surface area contributed by atoms with E-state index in [1.54, 1.807) is 6.92 Å². The van der Waals surface area contributed by atoms with Gasteiger partial charge in [0.05, 0.1) is 5.41 Å². The maximum absolute atomic E-state index is 13.4. The van der Waals surface area contributed by atoms with Crippen LogP contribution in [0.4, 0.5) is 11.4 Å². The summed E-state index contributed by atoms with van der Waals surface area (Å²) >= 11 is 0. The zero-order valence-electron chi connectivity index (χ0n) is 25.6. The quantitative estimate of drug-likeness (QED) is 0.171. The zero-order chi connectivity index (χ0) is 31.7. The number of carbonyl (C=O) groups excluding carboxylic acids is 2. The number of hydrogen-bond acceptors (Lipinski definition) is 4. The van der Waals surface area contributed by atoms with Gasteiger partial charge in [-0.2, -0.15) is 0 Å². The van der Waals surface area contributed by atoms with E-state index in [2.05, 4.69) is 71.3 Å². The molecule has 5 nitrogen and oxygen atoms in total. The van der Waals surface area contributed by atoms with E-state index >= 15 is 0 Å². The van der Waals surface area contributed by atoms with Crippen molar-refractivity contribution in [2.45, 2.75) is 12.3 Å². The Hall–Kier alpha value is -5.94. The van der Waals surface area contributed by atoms with Crippen molar-refractivity contribution in [3.8, 4) is 22.6 Å². The lowest BCUT2D eigenvalue weighted by Crippen LogP contribution is -2.28. The molecular formula is C41H32N2O3. The number of hydrogen-bond donors (Lipinski definition) is 2. The van der Waals surface area contributed by atoms with Crippen LogP contribution >= 0.6 is 0 Å². The Morgan fingerprint density at radius 2 is 1.00 bits per heavy atom.